The third-order valence-corrected chi connectivity index (χ3v) is 13.1. The number of halogens is 6. The summed E-state index contributed by atoms with van der Waals surface area (Å²) in [4.78, 5) is 0.120. The quantitative estimate of drug-likeness (QED) is 0.305. The maximum Gasteiger partial charge on any atom is 0.168 e. The molecule has 0 aliphatic heterocycles. The molecule has 0 aromatic rings. The van der Waals surface area contributed by atoms with Gasteiger partial charge in [0, 0.05) is 6.61 Å². The van der Waals surface area contributed by atoms with E-state index >= 15 is 0 Å². The molecule has 2 atom stereocenters. The minimum Gasteiger partial charge on any atom is -0.358 e. The second-order valence-electron chi connectivity index (χ2n) is 3.04. The fourth-order valence-electron chi connectivity index (χ4n) is 1.18. The lowest BCUT2D eigenvalue weighted by molar-refractivity contribution is 0.0654. The fourth-order valence-corrected chi connectivity index (χ4v) is 5.40. The molecule has 1 rings (SSSR count). The molecule has 0 aromatic carbocycles. The van der Waals surface area contributed by atoms with Crippen molar-refractivity contribution < 1.29 is 4.74 Å². The minimum atomic E-state index is -0.619. The number of hydrogen-bond acceptors (Lipinski definition) is 1. The first-order chi connectivity index (χ1) is 6.69. The first-order valence-corrected chi connectivity index (χ1v) is 8.99. The first kappa shape index (κ1) is 15.6. The van der Waals surface area contributed by atoms with E-state index in [1.807, 2.05) is 19.1 Å². The van der Waals surface area contributed by atoms with E-state index in [1.165, 1.54) is 0 Å². The molecule has 0 saturated carbocycles. The Labute approximate surface area is 140 Å². The highest BCUT2D eigenvalue weighted by Crippen LogP contribution is 2.63. The SMILES string of the molecule is CCOC1(Br)C=CC(Br)C(Br)(Br)C1(Br)Br. The molecule has 0 N–H and O–H groups in total. The molecule has 0 heterocycles. The van der Waals surface area contributed by atoms with Gasteiger partial charge in [0.1, 0.15) is 6.47 Å². The zero-order valence-corrected chi connectivity index (χ0v) is 17.1. The summed E-state index contributed by atoms with van der Waals surface area (Å²) in [5, 5.41) is 0. The molecule has 0 spiro atoms. The Bertz CT molecular complexity index is 276. The van der Waals surface area contributed by atoms with Gasteiger partial charge < -0.3 is 4.74 Å². The molecule has 2 unspecified atom stereocenters. The molecule has 0 aromatic heterocycles. The van der Waals surface area contributed by atoms with Gasteiger partial charge in [0.05, 0.1) is 4.83 Å². The molecule has 1 aliphatic rings. The van der Waals surface area contributed by atoms with E-state index < -0.39 is 11.0 Å². The lowest BCUT2D eigenvalue weighted by Crippen LogP contribution is -2.57. The number of rotatable bonds is 2. The minimum absolute atomic E-state index is 0.120. The van der Waals surface area contributed by atoms with Crippen LogP contribution in [-0.2, 0) is 4.74 Å². The van der Waals surface area contributed by atoms with Gasteiger partial charge in [-0.15, -0.1) is 0 Å². The number of alkyl halides is 6. The van der Waals surface area contributed by atoms with Crippen molar-refractivity contribution in [1.82, 2.24) is 0 Å². The Balaban J connectivity index is 3.18. The molecule has 7 heteroatoms. The zero-order chi connectivity index (χ0) is 11.9. The van der Waals surface area contributed by atoms with Gasteiger partial charge in [0.15, 0.2) is 4.51 Å². The molecule has 1 nitrogen and oxygen atoms in total. The van der Waals surface area contributed by atoms with E-state index in [9.17, 15) is 0 Å². The van der Waals surface area contributed by atoms with Crippen LogP contribution in [0.3, 0.4) is 0 Å². The average Bonchev–Trinajstić information content (AvgIpc) is 2.12. The zero-order valence-electron chi connectivity index (χ0n) is 7.62. The van der Waals surface area contributed by atoms with Gasteiger partial charge in [-0.3, -0.25) is 0 Å². The van der Waals surface area contributed by atoms with Crippen molar-refractivity contribution in [3.8, 4) is 0 Å². The Kier molecular flexibility index (Phi) is 5.52. The maximum atomic E-state index is 5.72. The van der Waals surface area contributed by atoms with Crippen molar-refractivity contribution in [1.29, 1.82) is 0 Å². The van der Waals surface area contributed by atoms with Crippen molar-refractivity contribution in [3.63, 3.8) is 0 Å². The molecule has 0 radical (unpaired) electrons. The fraction of sp³-hybridized carbons (Fsp3) is 0.750. The number of ether oxygens (including phenoxy) is 1. The Morgan fingerprint density at radius 3 is 2.20 bits per heavy atom. The van der Waals surface area contributed by atoms with Gasteiger partial charge in [-0.25, -0.2) is 0 Å². The predicted molar refractivity (Wildman–Crippen MR) is 86.3 cm³/mol. The van der Waals surface area contributed by atoms with Crippen LogP contribution >= 0.6 is 95.6 Å². The van der Waals surface area contributed by atoms with Crippen LogP contribution in [0.15, 0.2) is 12.2 Å². The Morgan fingerprint density at radius 1 is 1.20 bits per heavy atom. The monoisotopic (exact) mass is 594 g/mol. The molecular weight excluding hydrogens is 592 g/mol. The van der Waals surface area contributed by atoms with Crippen molar-refractivity contribution in [2.24, 2.45) is 0 Å². The summed E-state index contributed by atoms with van der Waals surface area (Å²) in [6, 6.07) is 0. The van der Waals surface area contributed by atoms with Crippen LogP contribution in [-0.4, -0.2) is 22.4 Å². The first-order valence-electron chi connectivity index (χ1n) is 4.11. The third-order valence-electron chi connectivity index (χ3n) is 2.03. The van der Waals surface area contributed by atoms with Crippen LogP contribution in [0.4, 0.5) is 0 Å². The van der Waals surface area contributed by atoms with E-state index in [1.54, 1.807) is 0 Å². The molecule has 15 heavy (non-hydrogen) atoms. The van der Waals surface area contributed by atoms with Crippen LogP contribution < -0.4 is 0 Å². The van der Waals surface area contributed by atoms with Crippen molar-refractivity contribution >= 4 is 95.6 Å². The highest BCUT2D eigenvalue weighted by Gasteiger charge is 2.62. The van der Waals surface area contributed by atoms with Crippen LogP contribution in [0.25, 0.3) is 0 Å². The summed E-state index contributed by atoms with van der Waals surface area (Å²) in [5.41, 5.74) is 0. The van der Waals surface area contributed by atoms with Gasteiger partial charge in [0.25, 0.3) is 0 Å². The van der Waals surface area contributed by atoms with E-state index in [2.05, 4.69) is 95.6 Å². The molecule has 0 saturated heterocycles. The maximum absolute atomic E-state index is 5.72. The Hall–Kier alpha value is 2.58. The molecule has 0 amide bonds. The van der Waals surface area contributed by atoms with Gasteiger partial charge in [-0.05, 0) is 28.9 Å². The normalized spacial score (nSPS) is 37.9. The third kappa shape index (κ3) is 2.63. The van der Waals surface area contributed by atoms with Gasteiger partial charge in [-0.1, -0.05) is 85.7 Å². The van der Waals surface area contributed by atoms with Crippen LogP contribution in [0.1, 0.15) is 6.92 Å². The largest absolute Gasteiger partial charge is 0.358 e. The summed E-state index contributed by atoms with van der Waals surface area (Å²) in [5.74, 6) is 0. The van der Waals surface area contributed by atoms with Gasteiger partial charge in [-0.2, -0.15) is 0 Å². The lowest BCUT2D eigenvalue weighted by atomic mass is 10.0. The lowest BCUT2D eigenvalue weighted by Gasteiger charge is -2.48. The average molecular weight is 600 g/mol. The molecule has 88 valence electrons. The number of allylic oxidation sites excluding steroid dienone is 1. The van der Waals surface area contributed by atoms with E-state index in [4.69, 9.17) is 4.74 Å². The molecule has 1 aliphatic carbocycles. The van der Waals surface area contributed by atoms with E-state index in [-0.39, 0.29) is 4.83 Å². The summed E-state index contributed by atoms with van der Waals surface area (Å²) in [6.45, 7) is 2.56. The summed E-state index contributed by atoms with van der Waals surface area (Å²) in [7, 11) is 0. The molecule has 0 bridgehead atoms. The second kappa shape index (κ2) is 5.29. The van der Waals surface area contributed by atoms with Crippen molar-refractivity contribution in [3.05, 3.63) is 12.2 Å². The number of hydrogen-bond donors (Lipinski definition) is 0. The van der Waals surface area contributed by atoms with E-state index in [0.29, 0.717) is 6.61 Å². The van der Waals surface area contributed by atoms with Crippen LogP contribution in [0.2, 0.25) is 0 Å². The highest BCUT2D eigenvalue weighted by atomic mass is 79.9. The smallest absolute Gasteiger partial charge is 0.168 e. The summed E-state index contributed by atoms with van der Waals surface area (Å²) < 4.78 is 4.16. The summed E-state index contributed by atoms with van der Waals surface area (Å²) in [6.07, 6.45) is 3.99. The van der Waals surface area contributed by atoms with Crippen molar-refractivity contribution in [2.75, 3.05) is 6.61 Å². The molecule has 0 fully saturated rings. The standard InChI is InChI=1S/C8H8Br6O/c1-2-15-6(10)4-3-5(9)7(11,12)8(6,13)14/h3-5H,2H2,1H3. The molecular formula is C8H8Br6O. The predicted octanol–water partition coefficient (Wildman–Crippen LogP) is 5.42. The van der Waals surface area contributed by atoms with Crippen LogP contribution in [0.5, 0.6) is 0 Å². The Morgan fingerprint density at radius 2 is 1.73 bits per heavy atom. The van der Waals surface area contributed by atoms with Crippen molar-refractivity contribution in [2.45, 2.75) is 22.7 Å². The second-order valence-corrected chi connectivity index (χ2v) is 12.2. The van der Waals surface area contributed by atoms with Crippen LogP contribution in [0, 0.1) is 0 Å². The topological polar surface area (TPSA) is 9.23 Å². The van der Waals surface area contributed by atoms with Gasteiger partial charge in [0.2, 0.25) is 0 Å². The van der Waals surface area contributed by atoms with E-state index in [0.717, 1.165) is 0 Å². The summed E-state index contributed by atoms with van der Waals surface area (Å²) >= 11 is 21.7. The highest BCUT2D eigenvalue weighted by molar-refractivity contribution is 9.31. The van der Waals surface area contributed by atoms with Gasteiger partial charge >= 0.3 is 0 Å².